The molecule has 234 valence electrons. The summed E-state index contributed by atoms with van der Waals surface area (Å²) in [5.41, 5.74) is 4.96. The second kappa shape index (κ2) is 13.4. The molecule has 13 heteroatoms. The molecule has 1 saturated heterocycles. The first kappa shape index (κ1) is 30.2. The van der Waals surface area contributed by atoms with Crippen molar-refractivity contribution in [2.24, 2.45) is 0 Å². The number of imidazole rings is 2. The molecule has 45 heavy (non-hydrogen) atoms. The van der Waals surface area contributed by atoms with E-state index in [1.165, 1.54) is 5.69 Å². The smallest absolute Gasteiger partial charge is 0.335 e. The van der Waals surface area contributed by atoms with Gasteiger partial charge in [-0.2, -0.15) is 0 Å². The Kier molecular flexibility index (Phi) is 9.03. The summed E-state index contributed by atoms with van der Waals surface area (Å²) in [6, 6.07) is 16.1. The first-order valence-corrected chi connectivity index (χ1v) is 15.2. The van der Waals surface area contributed by atoms with Crippen LogP contribution >= 0.6 is 11.6 Å². The van der Waals surface area contributed by atoms with Crippen molar-refractivity contribution in [3.8, 4) is 11.5 Å². The molecule has 0 radical (unpaired) electrons. The Bertz CT molecular complexity index is 1830. The van der Waals surface area contributed by atoms with Crippen LogP contribution in [-0.4, -0.2) is 98.0 Å². The minimum atomic E-state index is -0.941. The molecular formula is C32H33ClN6O6. The van der Waals surface area contributed by atoms with Crippen LogP contribution in [0.2, 0.25) is 0 Å². The van der Waals surface area contributed by atoms with E-state index in [0.29, 0.717) is 31.2 Å². The predicted molar refractivity (Wildman–Crippen MR) is 170 cm³/mol. The largest absolute Gasteiger partial charge is 0.486 e. The van der Waals surface area contributed by atoms with Gasteiger partial charge in [-0.15, -0.1) is 11.6 Å². The number of hydrogen-bond acceptors (Lipinski definition) is 8. The van der Waals surface area contributed by atoms with E-state index in [2.05, 4.69) is 36.5 Å². The number of rotatable bonds is 8. The van der Waals surface area contributed by atoms with Crippen LogP contribution < -0.4 is 14.4 Å². The second-order valence-electron chi connectivity index (χ2n) is 10.7. The fourth-order valence-electron chi connectivity index (χ4n) is 5.55. The fourth-order valence-corrected chi connectivity index (χ4v) is 5.73. The van der Waals surface area contributed by atoms with Gasteiger partial charge in [0, 0.05) is 63.4 Å². The van der Waals surface area contributed by atoms with Crippen LogP contribution in [0.4, 0.5) is 5.69 Å². The van der Waals surface area contributed by atoms with E-state index in [1.54, 1.807) is 43.0 Å². The van der Waals surface area contributed by atoms with Crippen LogP contribution in [0.5, 0.6) is 11.5 Å². The molecular weight excluding hydrogens is 600 g/mol. The van der Waals surface area contributed by atoms with E-state index < -0.39 is 11.9 Å². The van der Waals surface area contributed by atoms with Crippen molar-refractivity contribution in [2.45, 2.75) is 13.1 Å². The number of aromatic nitrogens is 4. The van der Waals surface area contributed by atoms with E-state index in [0.717, 1.165) is 67.3 Å². The van der Waals surface area contributed by atoms with Gasteiger partial charge in [0.1, 0.15) is 13.2 Å². The molecule has 7 rings (SSSR count). The molecule has 3 aromatic carbocycles. The number of benzene rings is 3. The highest BCUT2D eigenvalue weighted by Crippen LogP contribution is 2.34. The summed E-state index contributed by atoms with van der Waals surface area (Å²) in [5, 5.41) is 17.9. The van der Waals surface area contributed by atoms with Gasteiger partial charge in [0.05, 0.1) is 45.8 Å². The summed E-state index contributed by atoms with van der Waals surface area (Å²) < 4.78 is 15.3. The minimum Gasteiger partial charge on any atom is -0.486 e. The number of carboxylic acid groups (broad SMARTS) is 2. The highest BCUT2D eigenvalue weighted by Gasteiger charge is 2.20. The molecule has 2 aromatic heterocycles. The third-order valence-corrected chi connectivity index (χ3v) is 8.15. The van der Waals surface area contributed by atoms with Crippen LogP contribution in [0, 0.1) is 0 Å². The average Bonchev–Trinajstić information content (AvgIpc) is 3.67. The van der Waals surface area contributed by atoms with Gasteiger partial charge in [0.2, 0.25) is 0 Å². The number of alkyl halides is 1. The van der Waals surface area contributed by atoms with E-state index in [4.69, 9.17) is 31.3 Å². The highest BCUT2D eigenvalue weighted by molar-refractivity contribution is 6.17. The van der Waals surface area contributed by atoms with Gasteiger partial charge in [-0.25, -0.2) is 19.6 Å². The maximum Gasteiger partial charge on any atom is 0.335 e. The first-order chi connectivity index (χ1) is 21.9. The lowest BCUT2D eigenvalue weighted by Gasteiger charge is -2.36. The van der Waals surface area contributed by atoms with Gasteiger partial charge < -0.3 is 33.7 Å². The standard InChI is InChI=1S/C22H24N4O4.C10H9ClN2O2/c27-22(28)16-1-3-19-18(13-16)23-15-26(19)10-7-24-5-8-25(9-6-24)17-2-4-20-21(14-17)30-12-11-29-20;11-3-4-13-6-12-8-5-7(10(14)15)1-2-9(8)13/h1-4,13-15H,5-12H2,(H,27,28);1-2,5-6H,3-4H2,(H,14,15). The van der Waals surface area contributed by atoms with Gasteiger partial charge in [-0.1, -0.05) is 0 Å². The number of halogens is 1. The Morgan fingerprint density at radius 1 is 0.711 bits per heavy atom. The number of aryl methyl sites for hydroxylation is 1. The summed E-state index contributed by atoms with van der Waals surface area (Å²) in [5.74, 6) is 0.295. The molecule has 4 heterocycles. The quantitative estimate of drug-likeness (QED) is 0.238. The minimum absolute atomic E-state index is 0.249. The second-order valence-corrected chi connectivity index (χ2v) is 11.1. The molecule has 2 aliphatic rings. The summed E-state index contributed by atoms with van der Waals surface area (Å²) in [6.07, 6.45) is 3.46. The van der Waals surface area contributed by atoms with Gasteiger partial charge >= 0.3 is 11.9 Å². The van der Waals surface area contributed by atoms with E-state index in [1.807, 2.05) is 16.7 Å². The van der Waals surface area contributed by atoms with Crippen molar-refractivity contribution < 1.29 is 29.3 Å². The van der Waals surface area contributed by atoms with Crippen molar-refractivity contribution >= 4 is 51.3 Å². The summed E-state index contributed by atoms with van der Waals surface area (Å²) in [6.45, 7) is 7.55. The molecule has 0 amide bonds. The maximum atomic E-state index is 11.1. The molecule has 1 fully saturated rings. The van der Waals surface area contributed by atoms with Crippen molar-refractivity contribution in [2.75, 3.05) is 56.7 Å². The van der Waals surface area contributed by atoms with Gasteiger partial charge in [0.15, 0.2) is 11.5 Å². The molecule has 2 N–H and O–H groups in total. The number of ether oxygens (including phenoxy) is 2. The number of piperazine rings is 1. The molecule has 2 aliphatic heterocycles. The van der Waals surface area contributed by atoms with Crippen LogP contribution in [0.15, 0.2) is 67.3 Å². The Balaban J connectivity index is 0.000000200. The Labute approximate surface area is 264 Å². The Morgan fingerprint density at radius 3 is 1.87 bits per heavy atom. The zero-order valence-electron chi connectivity index (χ0n) is 24.5. The number of nitrogens with zero attached hydrogens (tertiary/aromatic N) is 6. The molecule has 0 saturated carbocycles. The third-order valence-electron chi connectivity index (χ3n) is 7.98. The molecule has 0 bridgehead atoms. The lowest BCUT2D eigenvalue weighted by atomic mass is 10.2. The normalized spacial score (nSPS) is 14.7. The summed E-state index contributed by atoms with van der Waals surface area (Å²) >= 11 is 5.63. The monoisotopic (exact) mass is 632 g/mol. The number of aromatic carboxylic acids is 2. The topological polar surface area (TPSA) is 135 Å². The van der Waals surface area contributed by atoms with Gasteiger partial charge in [-0.3, -0.25) is 4.90 Å². The number of anilines is 1. The third kappa shape index (κ3) is 6.81. The summed E-state index contributed by atoms with van der Waals surface area (Å²) in [4.78, 5) is 35.2. The Hall–Kier alpha value is -4.81. The maximum absolute atomic E-state index is 11.1. The van der Waals surface area contributed by atoms with Crippen molar-refractivity contribution in [1.29, 1.82) is 0 Å². The van der Waals surface area contributed by atoms with Crippen LogP contribution in [-0.2, 0) is 13.1 Å². The lowest BCUT2D eigenvalue weighted by Crippen LogP contribution is -2.47. The number of hydrogen-bond donors (Lipinski definition) is 2. The van der Waals surface area contributed by atoms with Crippen LogP contribution in [0.1, 0.15) is 20.7 Å². The van der Waals surface area contributed by atoms with E-state index in [9.17, 15) is 9.59 Å². The number of carboxylic acids is 2. The van der Waals surface area contributed by atoms with Crippen LogP contribution in [0.25, 0.3) is 22.1 Å². The van der Waals surface area contributed by atoms with Gasteiger partial charge in [-0.05, 0) is 48.5 Å². The molecule has 12 nitrogen and oxygen atoms in total. The van der Waals surface area contributed by atoms with Crippen molar-refractivity contribution in [3.05, 3.63) is 78.4 Å². The van der Waals surface area contributed by atoms with Crippen LogP contribution in [0.3, 0.4) is 0 Å². The lowest BCUT2D eigenvalue weighted by molar-refractivity contribution is 0.0686. The first-order valence-electron chi connectivity index (χ1n) is 14.7. The highest BCUT2D eigenvalue weighted by atomic mass is 35.5. The summed E-state index contributed by atoms with van der Waals surface area (Å²) in [7, 11) is 0. The van der Waals surface area contributed by atoms with Crippen molar-refractivity contribution in [1.82, 2.24) is 24.0 Å². The van der Waals surface area contributed by atoms with Crippen molar-refractivity contribution in [3.63, 3.8) is 0 Å². The predicted octanol–water partition coefficient (Wildman–Crippen LogP) is 4.30. The average molecular weight is 633 g/mol. The molecule has 0 atom stereocenters. The fraction of sp³-hybridized carbons (Fsp3) is 0.312. The molecule has 5 aromatic rings. The van der Waals surface area contributed by atoms with E-state index in [-0.39, 0.29) is 11.1 Å². The SMILES string of the molecule is O=C(O)c1ccc2c(c1)ncn2CCCl.O=C(O)c1ccc2c(c1)ncn2CCN1CCN(c2ccc3c(c2)OCCO3)CC1. The zero-order valence-corrected chi connectivity index (χ0v) is 25.3. The molecule has 0 unspecified atom stereocenters. The Morgan fingerprint density at radius 2 is 1.29 bits per heavy atom. The molecule has 0 aliphatic carbocycles. The van der Waals surface area contributed by atoms with E-state index >= 15 is 0 Å². The molecule has 0 spiro atoms. The number of fused-ring (bicyclic) bond motifs is 3. The van der Waals surface area contributed by atoms with Gasteiger partial charge in [0.25, 0.3) is 0 Å². The zero-order chi connectivity index (χ0) is 31.3. The number of carbonyl (C=O) groups is 2.